The Kier molecular flexibility index (Phi) is 2.56. The molecule has 0 saturated carbocycles. The molecule has 0 aliphatic carbocycles. The van der Waals surface area contributed by atoms with Gasteiger partial charge in [-0.05, 0) is 23.6 Å². The molecule has 0 N–H and O–H groups in total. The molecule has 0 unspecified atom stereocenters. The van der Waals surface area contributed by atoms with Gasteiger partial charge in [-0.25, -0.2) is 8.42 Å². The van der Waals surface area contributed by atoms with Crippen LogP contribution in [0.3, 0.4) is 0 Å². The van der Waals surface area contributed by atoms with Crippen LogP contribution in [-0.4, -0.2) is 29.4 Å². The van der Waals surface area contributed by atoms with Gasteiger partial charge in [0.25, 0.3) is 5.16 Å². The van der Waals surface area contributed by atoms with Gasteiger partial charge in [0, 0.05) is 18.9 Å². The Bertz CT molecular complexity index is 788. The van der Waals surface area contributed by atoms with Crippen molar-refractivity contribution < 1.29 is 8.42 Å². The summed E-state index contributed by atoms with van der Waals surface area (Å²) in [5.74, 6) is 0.643. The van der Waals surface area contributed by atoms with Gasteiger partial charge in [0.1, 0.15) is 5.82 Å². The highest BCUT2D eigenvalue weighted by atomic mass is 32.2. The summed E-state index contributed by atoms with van der Waals surface area (Å²) in [6.07, 6.45) is 3.51. The van der Waals surface area contributed by atoms with Gasteiger partial charge in [0.2, 0.25) is 9.84 Å². The first-order valence-electron chi connectivity index (χ1n) is 5.87. The van der Waals surface area contributed by atoms with Crippen LogP contribution < -0.4 is 0 Å². The molecule has 3 rings (SSSR count). The SMILES string of the molecule is CC1=Cn2c(nnc2S(C)(=O)=O)Cc2ccccc21. The average molecular weight is 275 g/mol. The molecule has 98 valence electrons. The largest absolute Gasteiger partial charge is 0.276 e. The van der Waals surface area contributed by atoms with Crippen LogP contribution in [0.4, 0.5) is 0 Å². The highest BCUT2D eigenvalue weighted by molar-refractivity contribution is 7.90. The summed E-state index contributed by atoms with van der Waals surface area (Å²) >= 11 is 0. The maximum absolute atomic E-state index is 11.7. The van der Waals surface area contributed by atoms with Crippen molar-refractivity contribution in [3.05, 3.63) is 41.2 Å². The molecule has 1 aromatic heterocycles. The molecule has 0 fully saturated rings. The number of hydrogen-bond acceptors (Lipinski definition) is 4. The first kappa shape index (κ1) is 12.1. The van der Waals surface area contributed by atoms with E-state index >= 15 is 0 Å². The topological polar surface area (TPSA) is 64.8 Å². The van der Waals surface area contributed by atoms with Gasteiger partial charge >= 0.3 is 0 Å². The lowest BCUT2D eigenvalue weighted by molar-refractivity contribution is 0.590. The van der Waals surface area contributed by atoms with Gasteiger partial charge in [-0.15, -0.1) is 10.2 Å². The Morgan fingerprint density at radius 3 is 2.68 bits per heavy atom. The van der Waals surface area contributed by atoms with Crippen LogP contribution in [0.25, 0.3) is 11.8 Å². The second-order valence-corrected chi connectivity index (χ2v) is 6.60. The fraction of sp³-hybridized carbons (Fsp3) is 0.231. The zero-order valence-corrected chi connectivity index (χ0v) is 11.5. The van der Waals surface area contributed by atoms with Crippen molar-refractivity contribution in [1.82, 2.24) is 14.8 Å². The van der Waals surface area contributed by atoms with Crippen LogP contribution in [0.15, 0.2) is 29.4 Å². The Labute approximate surface area is 111 Å². The Morgan fingerprint density at radius 2 is 1.95 bits per heavy atom. The first-order valence-corrected chi connectivity index (χ1v) is 7.76. The van der Waals surface area contributed by atoms with Crippen LogP contribution in [0, 0.1) is 0 Å². The van der Waals surface area contributed by atoms with E-state index in [9.17, 15) is 8.42 Å². The van der Waals surface area contributed by atoms with E-state index < -0.39 is 9.84 Å². The van der Waals surface area contributed by atoms with E-state index in [1.54, 1.807) is 10.8 Å². The summed E-state index contributed by atoms with van der Waals surface area (Å²) in [5, 5.41) is 7.80. The molecule has 2 aromatic rings. The predicted molar refractivity (Wildman–Crippen MR) is 72.2 cm³/mol. The molecule has 2 heterocycles. The summed E-state index contributed by atoms with van der Waals surface area (Å²) < 4.78 is 25.0. The van der Waals surface area contributed by atoms with Crippen molar-refractivity contribution in [2.75, 3.05) is 6.26 Å². The molecule has 1 aliphatic rings. The number of allylic oxidation sites excluding steroid dienone is 1. The summed E-state index contributed by atoms with van der Waals surface area (Å²) in [6, 6.07) is 7.99. The Morgan fingerprint density at radius 1 is 1.21 bits per heavy atom. The van der Waals surface area contributed by atoms with Crippen LogP contribution >= 0.6 is 0 Å². The molecule has 1 aliphatic heterocycles. The minimum absolute atomic E-state index is 0.00495. The molecule has 0 bridgehead atoms. The molecule has 0 saturated heterocycles. The van der Waals surface area contributed by atoms with Crippen molar-refractivity contribution in [2.45, 2.75) is 18.5 Å². The summed E-state index contributed by atoms with van der Waals surface area (Å²) in [5.41, 5.74) is 3.24. The van der Waals surface area contributed by atoms with E-state index in [0.29, 0.717) is 12.2 Å². The number of fused-ring (bicyclic) bond motifs is 2. The van der Waals surface area contributed by atoms with E-state index in [4.69, 9.17) is 0 Å². The van der Waals surface area contributed by atoms with E-state index in [2.05, 4.69) is 10.2 Å². The third-order valence-electron chi connectivity index (χ3n) is 3.18. The zero-order chi connectivity index (χ0) is 13.6. The summed E-state index contributed by atoms with van der Waals surface area (Å²) in [4.78, 5) is 0. The average Bonchev–Trinajstić information content (AvgIpc) is 2.67. The Hall–Kier alpha value is -1.95. The second-order valence-electron chi connectivity index (χ2n) is 4.69. The third-order valence-corrected chi connectivity index (χ3v) is 4.12. The van der Waals surface area contributed by atoms with Gasteiger partial charge in [-0.3, -0.25) is 4.57 Å². The molecular weight excluding hydrogens is 262 g/mol. The van der Waals surface area contributed by atoms with Crippen molar-refractivity contribution in [3.63, 3.8) is 0 Å². The van der Waals surface area contributed by atoms with Crippen LogP contribution in [0.1, 0.15) is 23.9 Å². The number of rotatable bonds is 1. The minimum atomic E-state index is -3.38. The maximum Gasteiger partial charge on any atom is 0.253 e. The standard InChI is InChI=1S/C13H13N3O2S/c1-9-8-16-12(14-15-13(16)19(2,17)18)7-10-5-3-4-6-11(9)10/h3-6,8H,7H2,1-2H3. The molecule has 5 nitrogen and oxygen atoms in total. The molecule has 19 heavy (non-hydrogen) atoms. The lowest BCUT2D eigenvalue weighted by Gasteiger charge is -2.04. The van der Waals surface area contributed by atoms with Gasteiger partial charge in [-0.1, -0.05) is 24.3 Å². The van der Waals surface area contributed by atoms with Gasteiger partial charge in [0.15, 0.2) is 0 Å². The number of sulfone groups is 1. The van der Waals surface area contributed by atoms with Crippen molar-refractivity contribution in [3.8, 4) is 0 Å². The van der Waals surface area contributed by atoms with Crippen LogP contribution in [-0.2, 0) is 16.3 Å². The Balaban J connectivity index is 2.27. The van der Waals surface area contributed by atoms with E-state index in [0.717, 1.165) is 23.0 Å². The smallest absolute Gasteiger partial charge is 0.253 e. The van der Waals surface area contributed by atoms with Gasteiger partial charge in [0.05, 0.1) is 0 Å². The normalized spacial score (nSPS) is 14.3. The van der Waals surface area contributed by atoms with Crippen LogP contribution in [0.2, 0.25) is 0 Å². The molecule has 1 aromatic carbocycles. The number of hydrogen-bond donors (Lipinski definition) is 0. The van der Waals surface area contributed by atoms with E-state index in [1.807, 2.05) is 31.2 Å². The number of aromatic nitrogens is 3. The van der Waals surface area contributed by atoms with Crippen molar-refractivity contribution >= 4 is 21.6 Å². The first-order chi connectivity index (χ1) is 8.97. The second kappa shape index (κ2) is 4.03. The highest BCUT2D eigenvalue weighted by Gasteiger charge is 2.22. The van der Waals surface area contributed by atoms with E-state index in [-0.39, 0.29) is 5.16 Å². The fourth-order valence-electron chi connectivity index (χ4n) is 2.30. The predicted octanol–water partition coefficient (Wildman–Crippen LogP) is 1.60. The van der Waals surface area contributed by atoms with Crippen molar-refractivity contribution in [1.29, 1.82) is 0 Å². The molecular formula is C13H13N3O2S. The molecule has 6 heteroatoms. The number of nitrogens with zero attached hydrogens (tertiary/aromatic N) is 3. The monoisotopic (exact) mass is 275 g/mol. The summed E-state index contributed by atoms with van der Waals surface area (Å²) in [7, 11) is -3.38. The van der Waals surface area contributed by atoms with Crippen LogP contribution in [0.5, 0.6) is 0 Å². The van der Waals surface area contributed by atoms with Gasteiger partial charge in [-0.2, -0.15) is 0 Å². The molecule has 0 spiro atoms. The number of benzene rings is 1. The lowest BCUT2D eigenvalue weighted by Crippen LogP contribution is -2.06. The fourth-order valence-corrected chi connectivity index (χ4v) is 3.01. The highest BCUT2D eigenvalue weighted by Crippen LogP contribution is 2.27. The summed E-state index contributed by atoms with van der Waals surface area (Å²) in [6.45, 7) is 1.96. The molecule has 0 amide bonds. The minimum Gasteiger partial charge on any atom is -0.276 e. The molecule has 0 radical (unpaired) electrons. The quantitative estimate of drug-likeness (QED) is 0.793. The zero-order valence-electron chi connectivity index (χ0n) is 10.7. The third kappa shape index (κ3) is 1.98. The molecule has 0 atom stereocenters. The van der Waals surface area contributed by atoms with Crippen molar-refractivity contribution in [2.24, 2.45) is 0 Å². The lowest BCUT2D eigenvalue weighted by atomic mass is 10.0. The maximum atomic E-state index is 11.7. The van der Waals surface area contributed by atoms with E-state index in [1.165, 1.54) is 0 Å². The van der Waals surface area contributed by atoms with Gasteiger partial charge < -0.3 is 0 Å².